The van der Waals surface area contributed by atoms with Crippen molar-refractivity contribution >= 4 is 5.96 Å². The molecule has 5 nitrogen and oxygen atoms in total. The van der Waals surface area contributed by atoms with Gasteiger partial charge in [-0.15, -0.1) is 0 Å². The maximum Gasteiger partial charge on any atom is 0.190 e. The summed E-state index contributed by atoms with van der Waals surface area (Å²) in [6, 6.07) is 0. The normalized spacial score (nSPS) is 36.6. The Labute approximate surface area is 140 Å². The Balaban J connectivity index is 1.38. The smallest absolute Gasteiger partial charge is 0.190 e. The number of rotatable bonds is 7. The number of aliphatic imine (C=N–C) groups is 1. The number of aliphatic hydroxyl groups is 1. The zero-order chi connectivity index (χ0) is 16.1. The first kappa shape index (κ1) is 17.0. The zero-order valence-electron chi connectivity index (χ0n) is 14.5. The summed E-state index contributed by atoms with van der Waals surface area (Å²) in [7, 11) is 1.83. The molecule has 1 heterocycles. The van der Waals surface area contributed by atoms with Crippen LogP contribution in [0.15, 0.2) is 4.99 Å². The molecule has 2 aliphatic carbocycles. The number of nitrogens with zero attached hydrogens (tertiary/aromatic N) is 1. The molecule has 0 aromatic carbocycles. The number of fused-ring (bicyclic) bond motifs is 2. The Hall–Kier alpha value is -0.810. The van der Waals surface area contributed by atoms with Crippen LogP contribution in [0.5, 0.6) is 0 Å². The first-order valence-corrected chi connectivity index (χ1v) is 9.38. The van der Waals surface area contributed by atoms with E-state index in [1.165, 1.54) is 32.1 Å². The van der Waals surface area contributed by atoms with E-state index < -0.39 is 0 Å². The minimum Gasteiger partial charge on any atom is -0.396 e. The number of nitrogens with one attached hydrogen (secondary N) is 2. The summed E-state index contributed by atoms with van der Waals surface area (Å²) in [6.07, 6.45) is 8.97. The van der Waals surface area contributed by atoms with E-state index >= 15 is 0 Å². The largest absolute Gasteiger partial charge is 0.396 e. The van der Waals surface area contributed by atoms with Gasteiger partial charge in [0.15, 0.2) is 5.96 Å². The maximum atomic E-state index is 9.30. The van der Waals surface area contributed by atoms with Gasteiger partial charge < -0.3 is 20.5 Å². The van der Waals surface area contributed by atoms with Crippen molar-refractivity contribution in [2.75, 3.05) is 40.0 Å². The zero-order valence-corrected chi connectivity index (χ0v) is 14.5. The lowest BCUT2D eigenvalue weighted by Crippen LogP contribution is -2.45. The molecule has 3 N–H and O–H groups in total. The maximum absolute atomic E-state index is 9.30. The lowest BCUT2D eigenvalue weighted by Gasteiger charge is -2.28. The van der Waals surface area contributed by atoms with Crippen molar-refractivity contribution in [3.8, 4) is 0 Å². The Kier molecular flexibility index (Phi) is 5.81. The predicted octanol–water partition coefficient (Wildman–Crippen LogP) is 1.77. The highest BCUT2D eigenvalue weighted by Gasteiger charge is 2.39. The fourth-order valence-corrected chi connectivity index (χ4v) is 4.91. The first-order valence-electron chi connectivity index (χ1n) is 9.38. The van der Waals surface area contributed by atoms with Gasteiger partial charge in [-0.2, -0.15) is 0 Å². The molecule has 0 spiro atoms. The van der Waals surface area contributed by atoms with Crippen LogP contribution in [0.2, 0.25) is 0 Å². The molecular formula is C18H33N3O2. The van der Waals surface area contributed by atoms with Crippen LogP contribution in [0.4, 0.5) is 0 Å². The molecule has 1 aliphatic heterocycles. The highest BCUT2D eigenvalue weighted by Crippen LogP contribution is 2.49. The minimum absolute atomic E-state index is 0.0664. The van der Waals surface area contributed by atoms with Crippen LogP contribution in [0.1, 0.15) is 44.9 Å². The fraction of sp³-hybridized carbons (Fsp3) is 0.944. The molecule has 0 aromatic heterocycles. The van der Waals surface area contributed by atoms with Crippen molar-refractivity contribution in [1.82, 2.24) is 10.6 Å². The van der Waals surface area contributed by atoms with Gasteiger partial charge in [-0.05, 0) is 56.3 Å². The molecule has 0 radical (unpaired) electrons. The van der Waals surface area contributed by atoms with Gasteiger partial charge in [0.25, 0.3) is 0 Å². The number of aliphatic hydroxyl groups excluding tert-OH is 1. The molecular weight excluding hydrogens is 290 g/mol. The fourth-order valence-electron chi connectivity index (χ4n) is 4.91. The second kappa shape index (κ2) is 7.84. The van der Waals surface area contributed by atoms with E-state index in [-0.39, 0.29) is 12.0 Å². The summed E-state index contributed by atoms with van der Waals surface area (Å²) >= 11 is 0. The quantitative estimate of drug-likeness (QED) is 0.493. The van der Waals surface area contributed by atoms with Gasteiger partial charge in [0.1, 0.15) is 0 Å². The monoisotopic (exact) mass is 323 g/mol. The molecule has 2 bridgehead atoms. The van der Waals surface area contributed by atoms with Gasteiger partial charge in [-0.3, -0.25) is 4.99 Å². The number of guanidine groups is 1. The number of hydrogen-bond acceptors (Lipinski definition) is 3. The van der Waals surface area contributed by atoms with E-state index in [4.69, 9.17) is 4.74 Å². The summed E-state index contributed by atoms with van der Waals surface area (Å²) in [4.78, 5) is 4.34. The van der Waals surface area contributed by atoms with E-state index in [1.807, 2.05) is 7.05 Å². The highest BCUT2D eigenvalue weighted by atomic mass is 16.5. The van der Waals surface area contributed by atoms with Crippen LogP contribution in [0.25, 0.3) is 0 Å². The first-order chi connectivity index (χ1) is 11.2. The SMILES string of the molecule is CN=C(NCCC1CC2CCC1C2)NCC1(CCO)CCOC1. The Morgan fingerprint density at radius 3 is 2.83 bits per heavy atom. The van der Waals surface area contributed by atoms with Gasteiger partial charge in [-0.1, -0.05) is 6.42 Å². The van der Waals surface area contributed by atoms with E-state index in [0.717, 1.165) is 62.9 Å². The van der Waals surface area contributed by atoms with Crippen LogP contribution in [0, 0.1) is 23.2 Å². The molecule has 3 aliphatic rings. The number of hydrogen-bond donors (Lipinski definition) is 3. The number of ether oxygens (including phenoxy) is 1. The average Bonchev–Trinajstić information content (AvgIpc) is 3.28. The van der Waals surface area contributed by atoms with Crippen molar-refractivity contribution in [3.63, 3.8) is 0 Å². The van der Waals surface area contributed by atoms with Crippen molar-refractivity contribution in [3.05, 3.63) is 0 Å². The summed E-state index contributed by atoms with van der Waals surface area (Å²) in [5, 5.41) is 16.2. The van der Waals surface area contributed by atoms with E-state index in [1.54, 1.807) is 0 Å². The third-order valence-corrected chi connectivity index (χ3v) is 6.37. The van der Waals surface area contributed by atoms with Crippen LogP contribution in [-0.4, -0.2) is 51.0 Å². The molecule has 4 atom stereocenters. The second-order valence-corrected chi connectivity index (χ2v) is 7.85. The molecule has 4 unspecified atom stereocenters. The van der Waals surface area contributed by atoms with Gasteiger partial charge in [0.2, 0.25) is 0 Å². The van der Waals surface area contributed by atoms with Crippen LogP contribution in [0.3, 0.4) is 0 Å². The Morgan fingerprint density at radius 2 is 2.22 bits per heavy atom. The van der Waals surface area contributed by atoms with Crippen molar-refractivity contribution < 1.29 is 9.84 Å². The van der Waals surface area contributed by atoms with E-state index in [9.17, 15) is 5.11 Å². The Morgan fingerprint density at radius 1 is 1.30 bits per heavy atom. The van der Waals surface area contributed by atoms with Gasteiger partial charge in [0.05, 0.1) is 6.61 Å². The molecule has 23 heavy (non-hydrogen) atoms. The molecule has 1 saturated heterocycles. The third-order valence-electron chi connectivity index (χ3n) is 6.37. The minimum atomic E-state index is 0.0664. The summed E-state index contributed by atoms with van der Waals surface area (Å²) in [5.74, 6) is 3.85. The summed E-state index contributed by atoms with van der Waals surface area (Å²) in [5.41, 5.74) is 0.0664. The van der Waals surface area contributed by atoms with Crippen molar-refractivity contribution in [2.24, 2.45) is 28.2 Å². The van der Waals surface area contributed by atoms with Gasteiger partial charge >= 0.3 is 0 Å². The molecule has 5 heteroatoms. The molecule has 3 rings (SSSR count). The topological polar surface area (TPSA) is 65.9 Å². The van der Waals surface area contributed by atoms with Crippen LogP contribution < -0.4 is 10.6 Å². The molecule has 0 aromatic rings. The standard InChI is InChI=1S/C18H33N3O2/c1-19-17(21-12-18(5-8-22)6-9-23-13-18)20-7-4-16-11-14-2-3-15(16)10-14/h14-16,22H,2-13H2,1H3,(H2,19,20,21). The van der Waals surface area contributed by atoms with E-state index in [2.05, 4.69) is 15.6 Å². The third kappa shape index (κ3) is 4.18. The highest BCUT2D eigenvalue weighted by molar-refractivity contribution is 5.79. The van der Waals surface area contributed by atoms with Crippen LogP contribution >= 0.6 is 0 Å². The average molecular weight is 323 g/mol. The lowest BCUT2D eigenvalue weighted by atomic mass is 9.84. The van der Waals surface area contributed by atoms with Gasteiger partial charge in [0, 0.05) is 38.8 Å². The molecule has 2 saturated carbocycles. The molecule has 132 valence electrons. The van der Waals surface area contributed by atoms with Crippen molar-refractivity contribution in [2.45, 2.75) is 44.9 Å². The van der Waals surface area contributed by atoms with E-state index in [0.29, 0.717) is 0 Å². The summed E-state index contributed by atoms with van der Waals surface area (Å²) in [6.45, 7) is 3.60. The second-order valence-electron chi connectivity index (χ2n) is 7.85. The molecule has 0 amide bonds. The van der Waals surface area contributed by atoms with Gasteiger partial charge in [-0.25, -0.2) is 0 Å². The van der Waals surface area contributed by atoms with Crippen molar-refractivity contribution in [1.29, 1.82) is 0 Å². The lowest BCUT2D eigenvalue weighted by molar-refractivity contribution is 0.127. The predicted molar refractivity (Wildman–Crippen MR) is 92.5 cm³/mol. The van der Waals surface area contributed by atoms with Crippen LogP contribution in [-0.2, 0) is 4.74 Å². The Bertz CT molecular complexity index is 407. The molecule has 3 fully saturated rings. The summed E-state index contributed by atoms with van der Waals surface area (Å²) < 4.78 is 5.54.